The number of allylic oxidation sites excluding steroid dienone is 1. The van der Waals surface area contributed by atoms with Crippen LogP contribution in [0.15, 0.2) is 6.08 Å². The van der Waals surface area contributed by atoms with Gasteiger partial charge in [-0.1, -0.05) is 6.08 Å². The van der Waals surface area contributed by atoms with E-state index in [1.807, 2.05) is 13.0 Å². The molecule has 1 aromatic rings. The number of thiophene rings is 1. The van der Waals surface area contributed by atoms with E-state index in [-0.39, 0.29) is 6.04 Å². The Balaban J connectivity index is 2.43. The summed E-state index contributed by atoms with van der Waals surface area (Å²) >= 11 is 1.30. The average molecular weight is 253 g/mol. The molecule has 0 saturated heterocycles. The zero-order chi connectivity index (χ0) is 12.6. The van der Waals surface area contributed by atoms with Gasteiger partial charge in [-0.3, -0.25) is 4.79 Å². The van der Waals surface area contributed by atoms with Crippen LogP contribution in [0.25, 0.3) is 5.57 Å². The number of fused-ring (bicyclic) bond motifs is 1. The number of primary amides is 1. The molecule has 1 aliphatic rings. The summed E-state index contributed by atoms with van der Waals surface area (Å²) in [5, 5.41) is 4.16. The quantitative estimate of drug-likeness (QED) is 0.756. The van der Waals surface area contributed by atoms with Gasteiger partial charge in [0.05, 0.1) is 23.3 Å². The monoisotopic (exact) mass is 253 g/mol. The molecular weight excluding hydrogens is 238 g/mol. The molecule has 1 aromatic heterocycles. The van der Waals surface area contributed by atoms with E-state index in [2.05, 4.69) is 5.32 Å². The predicted molar refractivity (Wildman–Crippen MR) is 70.2 cm³/mol. The molecule has 0 aliphatic carbocycles. The number of nitrogen functional groups attached to an aromatic ring is 1. The van der Waals surface area contributed by atoms with Crippen molar-refractivity contribution in [3.05, 3.63) is 16.5 Å². The molecule has 0 radical (unpaired) electrons. The topological polar surface area (TPSA) is 90.4 Å². The molecule has 2 heterocycles. The van der Waals surface area contributed by atoms with E-state index in [1.54, 1.807) is 7.11 Å². The van der Waals surface area contributed by atoms with Gasteiger partial charge in [0.1, 0.15) is 4.88 Å². The van der Waals surface area contributed by atoms with Crippen LogP contribution in [0.2, 0.25) is 0 Å². The Morgan fingerprint density at radius 3 is 2.94 bits per heavy atom. The second kappa shape index (κ2) is 4.38. The van der Waals surface area contributed by atoms with Crippen LogP contribution in [-0.2, 0) is 4.74 Å². The lowest BCUT2D eigenvalue weighted by atomic mass is 10.0. The lowest BCUT2D eigenvalue weighted by Gasteiger charge is -2.22. The summed E-state index contributed by atoms with van der Waals surface area (Å²) in [6.07, 6.45) is 2.04. The first-order valence-electron chi connectivity index (χ1n) is 5.21. The van der Waals surface area contributed by atoms with Crippen LogP contribution in [0.4, 0.5) is 10.7 Å². The zero-order valence-corrected chi connectivity index (χ0v) is 10.6. The highest BCUT2D eigenvalue weighted by Gasteiger charge is 2.25. The van der Waals surface area contributed by atoms with Gasteiger partial charge in [0.25, 0.3) is 5.91 Å². The molecule has 17 heavy (non-hydrogen) atoms. The number of nitrogens with one attached hydrogen (secondary N) is 1. The molecule has 0 spiro atoms. The van der Waals surface area contributed by atoms with Crippen LogP contribution in [0.3, 0.4) is 0 Å². The van der Waals surface area contributed by atoms with Crippen molar-refractivity contribution in [1.82, 2.24) is 0 Å². The van der Waals surface area contributed by atoms with Crippen molar-refractivity contribution in [2.75, 3.05) is 24.8 Å². The zero-order valence-electron chi connectivity index (χ0n) is 9.74. The summed E-state index contributed by atoms with van der Waals surface area (Å²) in [4.78, 5) is 11.6. The van der Waals surface area contributed by atoms with Crippen LogP contribution in [-0.4, -0.2) is 25.7 Å². The first-order valence-corrected chi connectivity index (χ1v) is 6.02. The Morgan fingerprint density at radius 2 is 2.35 bits per heavy atom. The van der Waals surface area contributed by atoms with Crippen LogP contribution >= 0.6 is 11.3 Å². The Hall–Kier alpha value is -1.53. The van der Waals surface area contributed by atoms with Crippen molar-refractivity contribution in [2.24, 2.45) is 5.73 Å². The van der Waals surface area contributed by atoms with E-state index in [1.165, 1.54) is 11.3 Å². The first-order chi connectivity index (χ1) is 8.04. The van der Waals surface area contributed by atoms with Crippen molar-refractivity contribution in [1.29, 1.82) is 0 Å². The summed E-state index contributed by atoms with van der Waals surface area (Å²) in [5.41, 5.74) is 13.6. The largest absolute Gasteiger partial charge is 0.397 e. The average Bonchev–Trinajstić information content (AvgIpc) is 2.56. The van der Waals surface area contributed by atoms with E-state index in [0.29, 0.717) is 17.2 Å². The molecule has 1 atom stereocenters. The van der Waals surface area contributed by atoms with Gasteiger partial charge in [-0.2, -0.15) is 0 Å². The lowest BCUT2D eigenvalue weighted by molar-refractivity contribution is 0.100. The van der Waals surface area contributed by atoms with Gasteiger partial charge in [-0.05, 0) is 12.5 Å². The number of amides is 1. The number of ether oxygens (including phenoxy) is 1. The fourth-order valence-electron chi connectivity index (χ4n) is 1.98. The van der Waals surface area contributed by atoms with Gasteiger partial charge >= 0.3 is 0 Å². The summed E-state index contributed by atoms with van der Waals surface area (Å²) in [7, 11) is 1.65. The number of carbonyl (C=O) groups is 1. The molecule has 5 nitrogen and oxygen atoms in total. The van der Waals surface area contributed by atoms with E-state index in [0.717, 1.165) is 16.1 Å². The number of hydrogen-bond acceptors (Lipinski definition) is 5. The van der Waals surface area contributed by atoms with Crippen LogP contribution in [0, 0.1) is 0 Å². The maximum atomic E-state index is 11.2. The maximum Gasteiger partial charge on any atom is 0.260 e. The summed E-state index contributed by atoms with van der Waals surface area (Å²) in [6, 6.07) is 0.103. The third kappa shape index (κ3) is 2.01. The second-order valence-electron chi connectivity index (χ2n) is 3.97. The number of methoxy groups -OCH3 is 1. The molecule has 2 rings (SSSR count). The van der Waals surface area contributed by atoms with Crippen molar-refractivity contribution in [3.63, 3.8) is 0 Å². The molecule has 0 bridgehead atoms. The van der Waals surface area contributed by atoms with Gasteiger partial charge in [-0.25, -0.2) is 0 Å². The standard InChI is InChI=1S/C11H15N3O2S/c1-5-3-6(4-16-2)14-11-7(5)8(12)9(17-11)10(13)15/h3,6,14H,4,12H2,1-2H3,(H2,13,15). The first kappa shape index (κ1) is 11.9. The minimum atomic E-state index is -0.486. The van der Waals surface area contributed by atoms with Gasteiger partial charge < -0.3 is 21.5 Å². The maximum absolute atomic E-state index is 11.2. The number of hydrogen-bond donors (Lipinski definition) is 3. The summed E-state index contributed by atoms with van der Waals surface area (Å²) in [5.74, 6) is -0.486. The smallest absolute Gasteiger partial charge is 0.260 e. The highest BCUT2D eigenvalue weighted by Crippen LogP contribution is 2.42. The third-order valence-corrected chi connectivity index (χ3v) is 3.83. The molecular formula is C11H15N3O2S. The molecule has 0 saturated carbocycles. The highest BCUT2D eigenvalue weighted by molar-refractivity contribution is 7.19. The summed E-state index contributed by atoms with van der Waals surface area (Å²) < 4.78 is 5.10. The third-order valence-electron chi connectivity index (χ3n) is 2.68. The van der Waals surface area contributed by atoms with E-state index < -0.39 is 5.91 Å². The van der Waals surface area contributed by atoms with Crippen LogP contribution in [0.5, 0.6) is 0 Å². The van der Waals surface area contributed by atoms with Crippen molar-refractivity contribution in [3.8, 4) is 0 Å². The molecule has 5 N–H and O–H groups in total. The van der Waals surface area contributed by atoms with Crippen LogP contribution in [0.1, 0.15) is 22.2 Å². The highest BCUT2D eigenvalue weighted by atomic mass is 32.1. The van der Waals surface area contributed by atoms with Crippen LogP contribution < -0.4 is 16.8 Å². The van der Waals surface area contributed by atoms with E-state index in [9.17, 15) is 4.79 Å². The molecule has 0 fully saturated rings. The number of anilines is 2. The number of nitrogens with two attached hydrogens (primary N) is 2. The molecule has 1 unspecified atom stereocenters. The fourth-order valence-corrected chi connectivity index (χ4v) is 3.08. The number of rotatable bonds is 3. The van der Waals surface area contributed by atoms with Crippen molar-refractivity contribution < 1.29 is 9.53 Å². The molecule has 1 aliphatic heterocycles. The summed E-state index contributed by atoms with van der Waals surface area (Å²) in [6.45, 7) is 2.54. The second-order valence-corrected chi connectivity index (χ2v) is 4.99. The van der Waals surface area contributed by atoms with Gasteiger partial charge in [-0.15, -0.1) is 11.3 Å². The lowest BCUT2D eigenvalue weighted by Crippen LogP contribution is -2.25. The predicted octanol–water partition coefficient (Wildman–Crippen LogP) is 1.27. The molecule has 0 aromatic carbocycles. The van der Waals surface area contributed by atoms with Gasteiger partial charge in [0.15, 0.2) is 0 Å². The molecule has 6 heteroatoms. The van der Waals surface area contributed by atoms with Gasteiger partial charge in [0, 0.05) is 12.7 Å². The number of carbonyl (C=O) groups excluding carboxylic acids is 1. The fraction of sp³-hybridized carbons (Fsp3) is 0.364. The van der Waals surface area contributed by atoms with Crippen molar-refractivity contribution >= 4 is 33.5 Å². The Kier molecular flexibility index (Phi) is 3.08. The Bertz CT molecular complexity index is 493. The Labute approximate surface area is 103 Å². The normalized spacial score (nSPS) is 18.2. The van der Waals surface area contributed by atoms with E-state index in [4.69, 9.17) is 16.2 Å². The molecule has 92 valence electrons. The SMILES string of the molecule is COCC1C=C(C)c2c(sc(C(N)=O)c2N)N1. The van der Waals surface area contributed by atoms with E-state index >= 15 is 0 Å². The Morgan fingerprint density at radius 1 is 1.65 bits per heavy atom. The minimum Gasteiger partial charge on any atom is -0.397 e. The van der Waals surface area contributed by atoms with Crippen molar-refractivity contribution in [2.45, 2.75) is 13.0 Å². The molecule has 1 amide bonds. The minimum absolute atomic E-state index is 0.103. The van der Waals surface area contributed by atoms with Gasteiger partial charge in [0.2, 0.25) is 0 Å².